The second kappa shape index (κ2) is 7.20. The van der Waals surface area contributed by atoms with Crippen LogP contribution in [0.15, 0.2) is 36.4 Å². The van der Waals surface area contributed by atoms with Crippen molar-refractivity contribution in [1.29, 1.82) is 0 Å². The molecule has 0 N–H and O–H groups in total. The van der Waals surface area contributed by atoms with Crippen molar-refractivity contribution < 1.29 is 4.74 Å². The van der Waals surface area contributed by atoms with Crippen molar-refractivity contribution in [2.24, 2.45) is 0 Å². The van der Waals surface area contributed by atoms with Gasteiger partial charge in [0.25, 0.3) is 0 Å². The molecular weight excluding hydrogens is 280 g/mol. The van der Waals surface area contributed by atoms with Crippen LogP contribution in [0.5, 0.6) is 5.75 Å². The number of halogens is 1. The second-order valence-electron chi connectivity index (χ2n) is 5.12. The van der Waals surface area contributed by atoms with Crippen LogP contribution in [0.4, 0.5) is 0 Å². The summed E-state index contributed by atoms with van der Waals surface area (Å²) in [5.74, 6) is 7.12. The summed E-state index contributed by atoms with van der Waals surface area (Å²) >= 11 is 5.58. The molecule has 0 aliphatic heterocycles. The van der Waals surface area contributed by atoms with Crippen molar-refractivity contribution in [3.63, 3.8) is 0 Å². The van der Waals surface area contributed by atoms with Crippen molar-refractivity contribution in [2.45, 2.75) is 27.4 Å². The molecule has 2 rings (SSSR count). The first-order valence-corrected chi connectivity index (χ1v) is 7.48. The summed E-state index contributed by atoms with van der Waals surface area (Å²) < 4.78 is 5.85. The molecule has 1 nitrogen and oxygen atoms in total. The van der Waals surface area contributed by atoms with Crippen molar-refractivity contribution in [1.82, 2.24) is 0 Å². The zero-order valence-corrected chi connectivity index (χ0v) is 13.4. The lowest BCUT2D eigenvalue weighted by Gasteiger charge is -2.09. The van der Waals surface area contributed by atoms with Gasteiger partial charge in [0.15, 0.2) is 0 Å². The monoisotopic (exact) mass is 298 g/mol. The Bertz CT molecular complexity index is 692. The second-order valence-corrected chi connectivity index (χ2v) is 5.39. The van der Waals surface area contributed by atoms with Gasteiger partial charge in [0.05, 0.1) is 5.88 Å². The maximum atomic E-state index is 5.85. The SMILES string of the molecule is Cc1ccc(COc2ccc(C#CCCl)c(C)c2)cc1C. The van der Waals surface area contributed by atoms with E-state index in [9.17, 15) is 0 Å². The topological polar surface area (TPSA) is 9.23 Å². The fourth-order valence-electron chi connectivity index (χ4n) is 2.05. The lowest BCUT2D eigenvalue weighted by molar-refractivity contribution is 0.306. The van der Waals surface area contributed by atoms with Crippen LogP contribution in [0.25, 0.3) is 0 Å². The van der Waals surface area contributed by atoms with Crippen molar-refractivity contribution >= 4 is 11.6 Å². The van der Waals surface area contributed by atoms with E-state index in [-0.39, 0.29) is 0 Å². The van der Waals surface area contributed by atoms with Crippen LogP contribution in [0.3, 0.4) is 0 Å². The van der Waals surface area contributed by atoms with Gasteiger partial charge in [-0.3, -0.25) is 0 Å². The molecule has 2 aromatic rings. The van der Waals surface area contributed by atoms with E-state index >= 15 is 0 Å². The zero-order chi connectivity index (χ0) is 15.2. The Morgan fingerprint density at radius 3 is 2.43 bits per heavy atom. The zero-order valence-electron chi connectivity index (χ0n) is 12.7. The Labute approximate surface area is 131 Å². The first kappa shape index (κ1) is 15.5. The Morgan fingerprint density at radius 2 is 1.76 bits per heavy atom. The van der Waals surface area contributed by atoms with Gasteiger partial charge >= 0.3 is 0 Å². The Kier molecular flexibility index (Phi) is 5.31. The van der Waals surface area contributed by atoms with Gasteiger partial charge in [-0.2, -0.15) is 0 Å². The molecule has 2 aromatic carbocycles. The van der Waals surface area contributed by atoms with Gasteiger partial charge in [-0.05, 0) is 61.2 Å². The van der Waals surface area contributed by atoms with Crippen LogP contribution < -0.4 is 4.74 Å². The number of hydrogen-bond donors (Lipinski definition) is 0. The fraction of sp³-hybridized carbons (Fsp3) is 0.263. The number of rotatable bonds is 3. The minimum absolute atomic E-state index is 0.352. The normalized spacial score (nSPS) is 9.90. The standard InChI is InChI=1S/C19H19ClO/c1-14-6-7-17(11-15(14)2)13-21-19-9-8-18(5-4-10-20)16(3)12-19/h6-9,11-12H,10,13H2,1-3H3. The van der Waals surface area contributed by atoms with Gasteiger partial charge in [0.1, 0.15) is 12.4 Å². The summed E-state index contributed by atoms with van der Waals surface area (Å²) in [6.45, 7) is 6.84. The molecule has 0 radical (unpaired) electrons. The summed E-state index contributed by atoms with van der Waals surface area (Å²) in [6, 6.07) is 12.3. The molecule has 108 valence electrons. The first-order chi connectivity index (χ1) is 10.1. The molecule has 0 amide bonds. The minimum Gasteiger partial charge on any atom is -0.489 e. The summed E-state index contributed by atoms with van der Waals surface area (Å²) in [7, 11) is 0. The third-order valence-electron chi connectivity index (χ3n) is 3.46. The lowest BCUT2D eigenvalue weighted by Crippen LogP contribution is -1.97. The number of alkyl halides is 1. The lowest BCUT2D eigenvalue weighted by atomic mass is 10.1. The fourth-order valence-corrected chi connectivity index (χ4v) is 2.12. The van der Waals surface area contributed by atoms with Gasteiger partial charge in [-0.15, -0.1) is 11.6 Å². The van der Waals surface area contributed by atoms with E-state index in [1.807, 2.05) is 25.1 Å². The van der Waals surface area contributed by atoms with Crippen LogP contribution in [0, 0.1) is 32.6 Å². The van der Waals surface area contributed by atoms with Gasteiger partial charge in [-0.1, -0.05) is 30.0 Å². The average Bonchev–Trinajstić information content (AvgIpc) is 2.47. The minimum atomic E-state index is 0.352. The highest BCUT2D eigenvalue weighted by molar-refractivity contribution is 6.19. The molecule has 0 atom stereocenters. The molecule has 0 spiro atoms. The van der Waals surface area contributed by atoms with Crippen molar-refractivity contribution in [3.8, 4) is 17.6 Å². The average molecular weight is 299 g/mol. The van der Waals surface area contributed by atoms with Crippen molar-refractivity contribution in [2.75, 3.05) is 5.88 Å². The smallest absolute Gasteiger partial charge is 0.120 e. The first-order valence-electron chi connectivity index (χ1n) is 6.94. The van der Waals surface area contributed by atoms with Gasteiger partial charge in [-0.25, -0.2) is 0 Å². The van der Waals surface area contributed by atoms with Crippen LogP contribution >= 0.6 is 11.6 Å². The molecular formula is C19H19ClO. The molecule has 2 heteroatoms. The van der Waals surface area contributed by atoms with Gasteiger partial charge in [0, 0.05) is 5.56 Å². The highest BCUT2D eigenvalue weighted by atomic mass is 35.5. The molecule has 0 aromatic heterocycles. The van der Waals surface area contributed by atoms with Crippen LogP contribution in [0.1, 0.15) is 27.8 Å². The highest BCUT2D eigenvalue weighted by Crippen LogP contribution is 2.19. The maximum Gasteiger partial charge on any atom is 0.120 e. The van der Waals surface area contributed by atoms with E-state index in [1.54, 1.807) is 0 Å². The number of hydrogen-bond acceptors (Lipinski definition) is 1. The van der Waals surface area contributed by atoms with Crippen molar-refractivity contribution in [3.05, 3.63) is 64.2 Å². The molecule has 0 saturated carbocycles. The van der Waals surface area contributed by atoms with E-state index in [1.165, 1.54) is 16.7 Å². The molecule has 0 fully saturated rings. The molecule has 0 saturated heterocycles. The maximum absolute atomic E-state index is 5.85. The van der Waals surface area contributed by atoms with E-state index in [4.69, 9.17) is 16.3 Å². The van der Waals surface area contributed by atoms with E-state index < -0.39 is 0 Å². The number of ether oxygens (including phenoxy) is 1. The highest BCUT2D eigenvalue weighted by Gasteiger charge is 2.01. The Balaban J connectivity index is 2.06. The summed E-state index contributed by atoms with van der Waals surface area (Å²) in [5.41, 5.74) is 5.87. The molecule has 0 aliphatic rings. The van der Waals surface area contributed by atoms with Crippen LogP contribution in [-0.2, 0) is 6.61 Å². The summed E-state index contributed by atoms with van der Waals surface area (Å²) in [4.78, 5) is 0. The molecule has 0 unspecified atom stereocenters. The quantitative estimate of drug-likeness (QED) is 0.585. The van der Waals surface area contributed by atoms with Gasteiger partial charge < -0.3 is 4.74 Å². The largest absolute Gasteiger partial charge is 0.489 e. The Morgan fingerprint density at radius 1 is 0.952 bits per heavy atom. The summed E-state index contributed by atoms with van der Waals surface area (Å²) in [6.07, 6.45) is 0. The number of benzene rings is 2. The molecule has 0 bridgehead atoms. The van der Waals surface area contributed by atoms with E-state index in [0.717, 1.165) is 16.9 Å². The third-order valence-corrected chi connectivity index (χ3v) is 3.60. The van der Waals surface area contributed by atoms with E-state index in [2.05, 4.69) is 43.9 Å². The predicted octanol–water partition coefficient (Wildman–Crippen LogP) is 4.78. The van der Waals surface area contributed by atoms with Crippen LogP contribution in [0.2, 0.25) is 0 Å². The van der Waals surface area contributed by atoms with Gasteiger partial charge in [0.2, 0.25) is 0 Å². The molecule has 0 heterocycles. The Hall–Kier alpha value is -1.91. The van der Waals surface area contributed by atoms with Crippen LogP contribution in [-0.4, -0.2) is 5.88 Å². The molecule has 21 heavy (non-hydrogen) atoms. The summed E-state index contributed by atoms with van der Waals surface area (Å²) in [5, 5.41) is 0. The van der Waals surface area contributed by atoms with E-state index in [0.29, 0.717) is 12.5 Å². The predicted molar refractivity (Wildman–Crippen MR) is 89.0 cm³/mol. The molecule has 0 aliphatic carbocycles. The third kappa shape index (κ3) is 4.28. The number of aryl methyl sites for hydroxylation is 3.